The minimum atomic E-state index is -0.144. The van der Waals surface area contributed by atoms with Gasteiger partial charge in [-0.05, 0) is 17.7 Å². The smallest absolute Gasteiger partial charge is 0.233 e. The van der Waals surface area contributed by atoms with Gasteiger partial charge in [-0.25, -0.2) is 0 Å². The molecule has 4 nitrogen and oxygen atoms in total. The van der Waals surface area contributed by atoms with Crippen molar-refractivity contribution in [2.24, 2.45) is 5.73 Å². The molecular weight excluding hydrogens is 238 g/mol. The molecule has 0 fully saturated rings. The van der Waals surface area contributed by atoms with Crippen LogP contribution in [0.2, 0.25) is 5.02 Å². The molecule has 1 aliphatic heterocycles. The summed E-state index contributed by atoms with van der Waals surface area (Å²) in [5, 5.41) is 9.43. The van der Waals surface area contributed by atoms with E-state index in [4.69, 9.17) is 22.6 Å². The number of nitriles is 1. The summed E-state index contributed by atoms with van der Waals surface area (Å²) in [5.74, 6) is 0.112. The molecule has 0 radical (unpaired) electrons. The largest absolute Gasteiger partial charge is 0.384 e. The van der Waals surface area contributed by atoms with Crippen LogP contribution in [-0.2, 0) is 11.3 Å². The zero-order valence-electron chi connectivity index (χ0n) is 8.98. The maximum Gasteiger partial charge on any atom is 0.233 e. The lowest BCUT2D eigenvalue weighted by Gasteiger charge is -2.17. The van der Waals surface area contributed by atoms with Crippen molar-refractivity contribution in [3.05, 3.63) is 46.2 Å². The van der Waals surface area contributed by atoms with E-state index in [1.165, 1.54) is 4.90 Å². The van der Waals surface area contributed by atoms with E-state index in [-0.39, 0.29) is 18.1 Å². The Hall–Kier alpha value is -1.99. The SMILES string of the molecule is N#CC1=C(N)N(Cc2ccc(Cl)cc2)C(=O)C1. The Morgan fingerprint density at radius 3 is 2.59 bits per heavy atom. The van der Waals surface area contributed by atoms with Crippen LogP contribution >= 0.6 is 11.6 Å². The number of rotatable bonds is 2. The number of hydrogen-bond acceptors (Lipinski definition) is 3. The second-order valence-electron chi connectivity index (χ2n) is 3.76. The predicted molar refractivity (Wildman–Crippen MR) is 63.4 cm³/mol. The summed E-state index contributed by atoms with van der Waals surface area (Å²) in [7, 11) is 0. The highest BCUT2D eigenvalue weighted by Crippen LogP contribution is 2.22. The van der Waals surface area contributed by atoms with E-state index in [1.54, 1.807) is 12.1 Å². The van der Waals surface area contributed by atoms with Gasteiger partial charge in [-0.2, -0.15) is 5.26 Å². The Labute approximate surface area is 104 Å². The molecule has 0 saturated carbocycles. The number of benzene rings is 1. The molecule has 17 heavy (non-hydrogen) atoms. The number of amides is 1. The van der Waals surface area contributed by atoms with Gasteiger partial charge in [0.1, 0.15) is 5.82 Å². The first-order chi connectivity index (χ1) is 8.11. The zero-order valence-corrected chi connectivity index (χ0v) is 9.74. The lowest BCUT2D eigenvalue weighted by molar-refractivity contribution is -0.127. The standard InChI is InChI=1S/C12H10ClN3O/c13-10-3-1-8(2-4-10)7-16-11(17)5-9(6-14)12(16)15/h1-4H,5,7,15H2. The van der Waals surface area contributed by atoms with Crippen LogP contribution in [0.25, 0.3) is 0 Å². The number of carbonyl (C=O) groups excluding carboxylic acids is 1. The van der Waals surface area contributed by atoms with E-state index in [1.807, 2.05) is 18.2 Å². The molecule has 1 aromatic carbocycles. The van der Waals surface area contributed by atoms with Gasteiger partial charge in [0, 0.05) is 5.02 Å². The molecule has 0 aliphatic carbocycles. The fourth-order valence-electron chi connectivity index (χ4n) is 1.68. The Balaban J connectivity index is 2.20. The zero-order chi connectivity index (χ0) is 12.4. The predicted octanol–water partition coefficient (Wildman–Crippen LogP) is 1.77. The van der Waals surface area contributed by atoms with Crippen LogP contribution < -0.4 is 5.73 Å². The highest BCUT2D eigenvalue weighted by molar-refractivity contribution is 6.30. The molecule has 86 valence electrons. The first-order valence-electron chi connectivity index (χ1n) is 5.05. The van der Waals surface area contributed by atoms with Crippen LogP contribution in [0.3, 0.4) is 0 Å². The quantitative estimate of drug-likeness (QED) is 0.866. The molecule has 2 rings (SSSR count). The number of hydrogen-bond donors (Lipinski definition) is 1. The van der Waals surface area contributed by atoms with Crippen molar-refractivity contribution in [1.82, 2.24) is 4.90 Å². The van der Waals surface area contributed by atoms with Crippen molar-refractivity contribution >= 4 is 17.5 Å². The number of nitrogens with zero attached hydrogens (tertiary/aromatic N) is 2. The topological polar surface area (TPSA) is 70.1 Å². The molecule has 0 unspecified atom stereocenters. The Morgan fingerprint density at radius 1 is 1.41 bits per heavy atom. The fourth-order valence-corrected chi connectivity index (χ4v) is 1.80. The van der Waals surface area contributed by atoms with Gasteiger partial charge in [-0.3, -0.25) is 9.69 Å². The molecule has 1 amide bonds. The fraction of sp³-hybridized carbons (Fsp3) is 0.167. The molecule has 0 bridgehead atoms. The number of halogens is 1. The lowest BCUT2D eigenvalue weighted by atomic mass is 10.2. The van der Waals surface area contributed by atoms with Gasteiger partial charge in [0.25, 0.3) is 0 Å². The molecular formula is C12H10ClN3O. The third kappa shape index (κ3) is 2.24. The van der Waals surface area contributed by atoms with Crippen LogP contribution in [0, 0.1) is 11.3 Å². The maximum absolute atomic E-state index is 11.7. The summed E-state index contributed by atoms with van der Waals surface area (Å²) < 4.78 is 0. The summed E-state index contributed by atoms with van der Waals surface area (Å²) in [6.45, 7) is 0.368. The average Bonchev–Trinajstić information content (AvgIpc) is 2.59. The second kappa shape index (κ2) is 4.48. The Morgan fingerprint density at radius 2 is 2.06 bits per heavy atom. The third-order valence-electron chi connectivity index (χ3n) is 2.62. The highest BCUT2D eigenvalue weighted by atomic mass is 35.5. The van der Waals surface area contributed by atoms with Crippen molar-refractivity contribution in [3.63, 3.8) is 0 Å². The summed E-state index contributed by atoms with van der Waals surface area (Å²) in [6.07, 6.45) is 0.0932. The van der Waals surface area contributed by atoms with Gasteiger partial charge in [0.2, 0.25) is 5.91 Å². The number of nitrogens with two attached hydrogens (primary N) is 1. The van der Waals surface area contributed by atoms with Crippen molar-refractivity contribution in [2.75, 3.05) is 0 Å². The third-order valence-corrected chi connectivity index (χ3v) is 2.87. The van der Waals surface area contributed by atoms with Gasteiger partial charge in [-0.1, -0.05) is 23.7 Å². The second-order valence-corrected chi connectivity index (χ2v) is 4.20. The normalized spacial score (nSPS) is 15.3. The molecule has 0 aromatic heterocycles. The van der Waals surface area contributed by atoms with Gasteiger partial charge in [-0.15, -0.1) is 0 Å². The van der Waals surface area contributed by atoms with Crippen LogP contribution in [0.5, 0.6) is 0 Å². The van der Waals surface area contributed by atoms with E-state index < -0.39 is 0 Å². The van der Waals surface area contributed by atoms with Gasteiger partial charge >= 0.3 is 0 Å². The molecule has 2 N–H and O–H groups in total. The summed E-state index contributed by atoms with van der Waals surface area (Å²) in [5.41, 5.74) is 7.00. The van der Waals surface area contributed by atoms with Gasteiger partial charge in [0.15, 0.2) is 0 Å². The molecule has 1 aromatic rings. The van der Waals surface area contributed by atoms with E-state index in [9.17, 15) is 4.79 Å². The van der Waals surface area contributed by atoms with Crippen molar-refractivity contribution in [2.45, 2.75) is 13.0 Å². The first kappa shape index (κ1) is 11.5. The molecule has 5 heteroatoms. The summed E-state index contributed by atoms with van der Waals surface area (Å²) in [4.78, 5) is 13.1. The minimum absolute atomic E-state index is 0.0932. The van der Waals surface area contributed by atoms with Gasteiger partial charge < -0.3 is 5.73 Å². The maximum atomic E-state index is 11.7. The van der Waals surface area contributed by atoms with Crippen LogP contribution in [0.1, 0.15) is 12.0 Å². The monoisotopic (exact) mass is 247 g/mol. The summed E-state index contributed by atoms with van der Waals surface area (Å²) >= 11 is 5.77. The molecule has 0 spiro atoms. The van der Waals surface area contributed by atoms with Crippen molar-refractivity contribution < 1.29 is 4.79 Å². The first-order valence-corrected chi connectivity index (χ1v) is 5.43. The number of carbonyl (C=O) groups is 1. The Bertz CT molecular complexity index is 528. The van der Waals surface area contributed by atoms with Crippen LogP contribution in [0.4, 0.5) is 0 Å². The summed E-state index contributed by atoms with van der Waals surface area (Å²) in [6, 6.07) is 9.10. The molecule has 1 heterocycles. The highest BCUT2D eigenvalue weighted by Gasteiger charge is 2.28. The van der Waals surface area contributed by atoms with Crippen molar-refractivity contribution in [1.29, 1.82) is 5.26 Å². The molecule has 0 saturated heterocycles. The van der Waals surface area contributed by atoms with Gasteiger partial charge in [0.05, 0.1) is 24.6 Å². The van der Waals surface area contributed by atoms with E-state index in [0.29, 0.717) is 17.1 Å². The lowest BCUT2D eigenvalue weighted by Crippen LogP contribution is -2.28. The van der Waals surface area contributed by atoms with E-state index >= 15 is 0 Å². The van der Waals surface area contributed by atoms with Crippen LogP contribution in [0.15, 0.2) is 35.7 Å². The van der Waals surface area contributed by atoms with E-state index in [0.717, 1.165) is 5.56 Å². The van der Waals surface area contributed by atoms with Crippen LogP contribution in [-0.4, -0.2) is 10.8 Å². The van der Waals surface area contributed by atoms with Crippen molar-refractivity contribution in [3.8, 4) is 6.07 Å². The minimum Gasteiger partial charge on any atom is -0.384 e. The molecule has 0 atom stereocenters. The average molecular weight is 248 g/mol. The Kier molecular flexibility index (Phi) is 3.03. The van der Waals surface area contributed by atoms with E-state index in [2.05, 4.69) is 0 Å². The molecule has 1 aliphatic rings.